The third-order valence-electron chi connectivity index (χ3n) is 10.8. The minimum absolute atomic E-state index is 0.0380. The Morgan fingerprint density at radius 2 is 1.39 bits per heavy atom. The standard InChI is InChI=1S/C36H62O8/c1-9-10-11-12-13-14-15-16-17-18-30(39)42-29-20-22-36(8,44-26(5)38)33-31-27(24(2)3)19-21-35(7,43-25(4)37)32(31)28(41-33)23-34(29,6)40/h24,27-29,31-33,40H,9-23H2,1-8H3. The lowest BCUT2D eigenvalue weighted by atomic mass is 9.57. The van der Waals surface area contributed by atoms with Crippen LogP contribution < -0.4 is 0 Å². The van der Waals surface area contributed by atoms with Crippen LogP contribution in [0.5, 0.6) is 0 Å². The van der Waals surface area contributed by atoms with Crippen molar-refractivity contribution in [3.05, 3.63) is 0 Å². The summed E-state index contributed by atoms with van der Waals surface area (Å²) >= 11 is 0. The first-order chi connectivity index (χ1) is 20.6. The number of carbonyl (C=O) groups is 3. The van der Waals surface area contributed by atoms with Crippen molar-refractivity contribution in [2.24, 2.45) is 23.7 Å². The molecule has 9 atom stereocenters. The van der Waals surface area contributed by atoms with Crippen LogP contribution in [-0.4, -0.2) is 58.1 Å². The summed E-state index contributed by atoms with van der Waals surface area (Å²) in [6, 6.07) is 0. The van der Waals surface area contributed by atoms with E-state index in [9.17, 15) is 19.5 Å². The maximum atomic E-state index is 13.1. The molecule has 2 heterocycles. The van der Waals surface area contributed by atoms with Gasteiger partial charge < -0.3 is 24.1 Å². The van der Waals surface area contributed by atoms with Gasteiger partial charge in [-0.15, -0.1) is 0 Å². The van der Waals surface area contributed by atoms with Crippen molar-refractivity contribution >= 4 is 17.9 Å². The summed E-state index contributed by atoms with van der Waals surface area (Å²) in [6.07, 6.45) is 11.5. The second-order valence-corrected chi connectivity index (χ2v) is 15.1. The zero-order valence-electron chi connectivity index (χ0n) is 29.0. The fraction of sp³-hybridized carbons (Fsp3) is 0.917. The average Bonchev–Trinajstić information content (AvgIpc) is 3.30. The van der Waals surface area contributed by atoms with E-state index in [-0.39, 0.29) is 36.1 Å². The third-order valence-corrected chi connectivity index (χ3v) is 10.8. The molecule has 1 saturated carbocycles. The SMILES string of the molecule is CCCCCCCCCCCC(=O)OC1CCC(C)(OC(C)=O)C2OC(CC1(C)O)C1C2C(C(C)C)CCC1(C)OC(C)=O. The number of carbonyl (C=O) groups excluding carboxylic acids is 3. The minimum Gasteiger partial charge on any atom is -0.459 e. The first-order valence-corrected chi connectivity index (χ1v) is 17.6. The predicted molar refractivity (Wildman–Crippen MR) is 170 cm³/mol. The van der Waals surface area contributed by atoms with Gasteiger partial charge in [-0.25, -0.2) is 0 Å². The number of aliphatic hydroxyl groups is 1. The summed E-state index contributed by atoms with van der Waals surface area (Å²) in [4.78, 5) is 37.9. The van der Waals surface area contributed by atoms with E-state index in [1.165, 1.54) is 52.4 Å². The van der Waals surface area contributed by atoms with E-state index in [1.54, 1.807) is 6.92 Å². The summed E-state index contributed by atoms with van der Waals surface area (Å²) in [5.41, 5.74) is -3.19. The van der Waals surface area contributed by atoms with E-state index in [0.717, 1.165) is 25.7 Å². The molecular formula is C36H62O8. The van der Waals surface area contributed by atoms with Gasteiger partial charge in [-0.2, -0.15) is 0 Å². The minimum atomic E-state index is -1.39. The molecule has 0 spiro atoms. The van der Waals surface area contributed by atoms with Gasteiger partial charge in [0.2, 0.25) is 0 Å². The van der Waals surface area contributed by atoms with Gasteiger partial charge in [-0.1, -0.05) is 72.1 Å². The highest BCUT2D eigenvalue weighted by molar-refractivity contribution is 5.69. The van der Waals surface area contributed by atoms with Crippen molar-refractivity contribution in [1.82, 2.24) is 0 Å². The zero-order chi connectivity index (χ0) is 32.7. The molecule has 2 saturated heterocycles. The number of unbranched alkanes of at least 4 members (excludes halogenated alkanes) is 8. The highest BCUT2D eigenvalue weighted by atomic mass is 16.6. The Morgan fingerprint density at radius 3 is 1.95 bits per heavy atom. The Morgan fingerprint density at radius 1 is 0.841 bits per heavy atom. The highest BCUT2D eigenvalue weighted by Gasteiger charge is 2.65. The smallest absolute Gasteiger partial charge is 0.306 e. The van der Waals surface area contributed by atoms with Crippen LogP contribution in [0, 0.1) is 23.7 Å². The van der Waals surface area contributed by atoms with Crippen LogP contribution in [0.3, 0.4) is 0 Å². The summed E-state index contributed by atoms with van der Waals surface area (Å²) in [6.45, 7) is 15.1. The first kappa shape index (κ1) is 36.8. The molecule has 2 bridgehead atoms. The van der Waals surface area contributed by atoms with Crippen LogP contribution in [0.1, 0.15) is 152 Å². The predicted octanol–water partition coefficient (Wildman–Crippen LogP) is 7.46. The van der Waals surface area contributed by atoms with Crippen molar-refractivity contribution in [3.63, 3.8) is 0 Å². The van der Waals surface area contributed by atoms with Crippen molar-refractivity contribution in [1.29, 1.82) is 0 Å². The molecule has 0 aromatic rings. The second-order valence-electron chi connectivity index (χ2n) is 15.1. The summed E-state index contributed by atoms with van der Waals surface area (Å²) in [5, 5.41) is 12.0. The second kappa shape index (κ2) is 15.8. The van der Waals surface area contributed by atoms with Crippen molar-refractivity contribution in [2.75, 3.05) is 0 Å². The topological polar surface area (TPSA) is 108 Å². The fourth-order valence-electron chi connectivity index (χ4n) is 8.69. The van der Waals surface area contributed by atoms with E-state index >= 15 is 0 Å². The normalized spacial score (nSPS) is 37.0. The molecule has 8 nitrogen and oxygen atoms in total. The van der Waals surface area contributed by atoms with Gasteiger partial charge in [-0.3, -0.25) is 14.4 Å². The molecule has 9 unspecified atom stereocenters. The molecule has 2 aliphatic heterocycles. The molecule has 0 radical (unpaired) electrons. The molecule has 1 aliphatic carbocycles. The summed E-state index contributed by atoms with van der Waals surface area (Å²) in [5.74, 6) is -0.698. The van der Waals surface area contributed by atoms with Gasteiger partial charge in [0.15, 0.2) is 0 Å². The van der Waals surface area contributed by atoms with Gasteiger partial charge in [0.05, 0.1) is 6.10 Å². The zero-order valence-corrected chi connectivity index (χ0v) is 29.0. The van der Waals surface area contributed by atoms with Crippen LogP contribution in [-0.2, 0) is 33.3 Å². The Kier molecular flexibility index (Phi) is 13.2. The van der Waals surface area contributed by atoms with Crippen molar-refractivity contribution in [3.8, 4) is 0 Å². The lowest BCUT2D eigenvalue weighted by Crippen LogP contribution is -2.58. The van der Waals surface area contributed by atoms with Gasteiger partial charge in [0, 0.05) is 38.5 Å². The Bertz CT molecular complexity index is 962. The maximum absolute atomic E-state index is 13.1. The van der Waals surface area contributed by atoms with Crippen molar-refractivity contribution in [2.45, 2.75) is 187 Å². The highest BCUT2D eigenvalue weighted by Crippen LogP contribution is 2.58. The van der Waals surface area contributed by atoms with E-state index in [1.807, 2.05) is 13.8 Å². The maximum Gasteiger partial charge on any atom is 0.306 e. The summed E-state index contributed by atoms with van der Waals surface area (Å²) < 4.78 is 25.0. The lowest BCUT2D eigenvalue weighted by Gasteiger charge is -2.51. The third kappa shape index (κ3) is 9.20. The van der Waals surface area contributed by atoms with Crippen LogP contribution in [0.15, 0.2) is 0 Å². The fourth-order valence-corrected chi connectivity index (χ4v) is 8.69. The number of fused-ring (bicyclic) bond motifs is 5. The van der Waals surface area contributed by atoms with Gasteiger partial charge >= 0.3 is 17.9 Å². The molecule has 0 aromatic heterocycles. The largest absolute Gasteiger partial charge is 0.459 e. The van der Waals surface area contributed by atoms with E-state index in [2.05, 4.69) is 20.8 Å². The van der Waals surface area contributed by atoms with E-state index in [4.69, 9.17) is 18.9 Å². The molecule has 8 heteroatoms. The van der Waals surface area contributed by atoms with Crippen LogP contribution in [0.4, 0.5) is 0 Å². The van der Waals surface area contributed by atoms with Crippen LogP contribution in [0.25, 0.3) is 0 Å². The Hall–Kier alpha value is -1.67. The van der Waals surface area contributed by atoms with Crippen molar-refractivity contribution < 1.29 is 38.4 Å². The number of hydrogen-bond acceptors (Lipinski definition) is 8. The molecular weight excluding hydrogens is 560 g/mol. The summed E-state index contributed by atoms with van der Waals surface area (Å²) in [7, 11) is 0. The molecule has 254 valence electrons. The number of ether oxygens (including phenoxy) is 4. The molecule has 0 aromatic carbocycles. The molecule has 3 fully saturated rings. The molecule has 0 amide bonds. The molecule has 1 N–H and O–H groups in total. The number of rotatable bonds is 14. The average molecular weight is 623 g/mol. The quantitative estimate of drug-likeness (QED) is 0.121. The lowest BCUT2D eigenvalue weighted by molar-refractivity contribution is -0.185. The molecule has 44 heavy (non-hydrogen) atoms. The van der Waals surface area contributed by atoms with Gasteiger partial charge in [-0.05, 0) is 64.7 Å². The molecule has 3 rings (SSSR count). The van der Waals surface area contributed by atoms with Crippen LogP contribution >= 0.6 is 0 Å². The Balaban J connectivity index is 1.80. The van der Waals surface area contributed by atoms with Gasteiger partial charge in [0.25, 0.3) is 0 Å². The van der Waals surface area contributed by atoms with E-state index < -0.39 is 41.1 Å². The monoisotopic (exact) mass is 622 g/mol. The number of esters is 3. The number of hydrogen-bond donors (Lipinski definition) is 1. The first-order valence-electron chi connectivity index (χ1n) is 17.6. The Labute approximate surface area is 266 Å². The van der Waals surface area contributed by atoms with Gasteiger partial charge in [0.1, 0.15) is 29.0 Å². The van der Waals surface area contributed by atoms with Crippen LogP contribution in [0.2, 0.25) is 0 Å². The molecule has 3 aliphatic rings. The van der Waals surface area contributed by atoms with E-state index in [0.29, 0.717) is 31.6 Å².